The number of anilines is 2. The monoisotopic (exact) mass is 325 g/mol. The first kappa shape index (κ1) is 16.4. The number of hydrogen-bond donors (Lipinski definition) is 1. The fraction of sp³-hybridized carbons (Fsp3) is 0.389. The van der Waals surface area contributed by atoms with Crippen molar-refractivity contribution in [2.45, 2.75) is 19.9 Å². The van der Waals surface area contributed by atoms with Gasteiger partial charge in [-0.25, -0.2) is 9.97 Å². The van der Waals surface area contributed by atoms with Gasteiger partial charge in [0.15, 0.2) is 0 Å². The zero-order valence-corrected chi connectivity index (χ0v) is 14.0. The Hall–Kier alpha value is -2.47. The number of benzene rings is 1. The van der Waals surface area contributed by atoms with Gasteiger partial charge in [-0.1, -0.05) is 18.2 Å². The van der Waals surface area contributed by atoms with E-state index in [0.29, 0.717) is 6.54 Å². The number of para-hydroxylation sites is 1. The Balaban J connectivity index is 1.81. The first-order valence-corrected chi connectivity index (χ1v) is 8.34. The van der Waals surface area contributed by atoms with Gasteiger partial charge in [0.2, 0.25) is 11.9 Å². The number of nitrogens with zero attached hydrogens (tertiary/aromatic N) is 4. The zero-order chi connectivity index (χ0) is 16.8. The molecule has 0 saturated carbocycles. The van der Waals surface area contributed by atoms with Gasteiger partial charge in [-0.05, 0) is 24.1 Å². The third kappa shape index (κ3) is 3.89. The van der Waals surface area contributed by atoms with Crippen molar-refractivity contribution in [1.29, 1.82) is 0 Å². The lowest BCUT2D eigenvalue weighted by Gasteiger charge is -2.25. The highest BCUT2D eigenvalue weighted by molar-refractivity contribution is 5.92. The van der Waals surface area contributed by atoms with Crippen LogP contribution in [0.4, 0.5) is 11.6 Å². The lowest BCUT2D eigenvalue weighted by molar-refractivity contribution is -0.116. The van der Waals surface area contributed by atoms with E-state index in [0.717, 1.165) is 49.8 Å². The van der Waals surface area contributed by atoms with E-state index in [1.54, 1.807) is 19.3 Å². The van der Waals surface area contributed by atoms with Crippen LogP contribution in [0.2, 0.25) is 0 Å². The second-order valence-electron chi connectivity index (χ2n) is 5.87. The van der Waals surface area contributed by atoms with Crippen LogP contribution in [0.15, 0.2) is 42.7 Å². The van der Waals surface area contributed by atoms with Gasteiger partial charge in [-0.15, -0.1) is 0 Å². The summed E-state index contributed by atoms with van der Waals surface area (Å²) in [6.45, 7) is 5.55. The van der Waals surface area contributed by atoms with E-state index in [1.807, 2.05) is 29.2 Å². The number of nitrogens with one attached hydrogen (secondary N) is 1. The van der Waals surface area contributed by atoms with Crippen molar-refractivity contribution in [2.75, 3.05) is 36.0 Å². The van der Waals surface area contributed by atoms with E-state index in [9.17, 15) is 4.79 Å². The Morgan fingerprint density at radius 1 is 1.08 bits per heavy atom. The van der Waals surface area contributed by atoms with E-state index >= 15 is 0 Å². The molecule has 2 aromatic rings. The molecule has 1 aliphatic rings. The minimum atomic E-state index is 0.0733. The molecule has 0 spiro atoms. The highest BCUT2D eigenvalue weighted by Crippen LogP contribution is 2.21. The minimum Gasteiger partial charge on any atom is -0.339 e. The SMILES string of the molecule is CC(=O)N1CCCN(c2ncccn2)CCNCc2ccccc21. The molecule has 1 aliphatic heterocycles. The molecule has 0 unspecified atom stereocenters. The number of carbonyl (C=O) groups excluding carboxylic acids is 1. The maximum Gasteiger partial charge on any atom is 0.225 e. The van der Waals surface area contributed by atoms with E-state index in [2.05, 4.69) is 26.3 Å². The normalized spacial score (nSPS) is 16.2. The number of amides is 1. The van der Waals surface area contributed by atoms with Crippen LogP contribution in [0.3, 0.4) is 0 Å². The largest absolute Gasteiger partial charge is 0.339 e. The van der Waals surface area contributed by atoms with Gasteiger partial charge in [0.1, 0.15) is 0 Å². The van der Waals surface area contributed by atoms with Crippen LogP contribution in [0.25, 0.3) is 0 Å². The summed E-state index contributed by atoms with van der Waals surface area (Å²) < 4.78 is 0. The number of fused-ring (bicyclic) bond motifs is 1. The Bertz CT molecular complexity index is 676. The molecule has 0 fully saturated rings. The van der Waals surface area contributed by atoms with Gasteiger partial charge < -0.3 is 15.1 Å². The molecule has 24 heavy (non-hydrogen) atoms. The molecular formula is C18H23N5O. The number of hydrogen-bond acceptors (Lipinski definition) is 5. The average molecular weight is 325 g/mol. The molecule has 3 rings (SSSR count). The van der Waals surface area contributed by atoms with Crippen LogP contribution >= 0.6 is 0 Å². The van der Waals surface area contributed by atoms with E-state index in [-0.39, 0.29) is 5.91 Å². The molecule has 0 aliphatic carbocycles. The maximum absolute atomic E-state index is 12.1. The van der Waals surface area contributed by atoms with Gasteiger partial charge >= 0.3 is 0 Å². The average Bonchev–Trinajstić information content (AvgIpc) is 2.65. The van der Waals surface area contributed by atoms with E-state index in [1.165, 1.54) is 0 Å². The molecule has 0 atom stereocenters. The molecule has 126 valence electrons. The van der Waals surface area contributed by atoms with Gasteiger partial charge in [-0.3, -0.25) is 4.79 Å². The van der Waals surface area contributed by atoms with Crippen LogP contribution in [-0.4, -0.2) is 42.1 Å². The molecule has 1 N–H and O–H groups in total. The summed E-state index contributed by atoms with van der Waals surface area (Å²) in [5, 5.41) is 3.46. The molecule has 1 aromatic carbocycles. The molecular weight excluding hydrogens is 302 g/mol. The molecule has 0 bridgehead atoms. The van der Waals surface area contributed by atoms with Crippen LogP contribution < -0.4 is 15.1 Å². The highest BCUT2D eigenvalue weighted by Gasteiger charge is 2.17. The first-order chi connectivity index (χ1) is 11.8. The Morgan fingerprint density at radius 3 is 2.67 bits per heavy atom. The van der Waals surface area contributed by atoms with Gasteiger partial charge in [0, 0.05) is 57.7 Å². The lowest BCUT2D eigenvalue weighted by atomic mass is 10.1. The van der Waals surface area contributed by atoms with Crippen molar-refractivity contribution in [1.82, 2.24) is 15.3 Å². The molecule has 6 heteroatoms. The molecule has 1 amide bonds. The summed E-state index contributed by atoms with van der Waals surface area (Å²) in [4.78, 5) is 24.9. The van der Waals surface area contributed by atoms with Gasteiger partial charge in [0.25, 0.3) is 0 Å². The minimum absolute atomic E-state index is 0.0733. The van der Waals surface area contributed by atoms with Crippen molar-refractivity contribution in [3.63, 3.8) is 0 Å². The van der Waals surface area contributed by atoms with Crippen LogP contribution in [0.1, 0.15) is 18.9 Å². The van der Waals surface area contributed by atoms with Crippen LogP contribution in [0, 0.1) is 0 Å². The maximum atomic E-state index is 12.1. The third-order valence-corrected chi connectivity index (χ3v) is 4.18. The molecule has 1 aromatic heterocycles. The molecule has 2 heterocycles. The Kier molecular flexibility index (Phi) is 5.38. The molecule has 6 nitrogen and oxygen atoms in total. The van der Waals surface area contributed by atoms with Gasteiger partial charge in [-0.2, -0.15) is 0 Å². The summed E-state index contributed by atoms with van der Waals surface area (Å²) in [6, 6.07) is 9.92. The summed E-state index contributed by atoms with van der Waals surface area (Å²) in [6.07, 6.45) is 4.39. The number of carbonyl (C=O) groups is 1. The van der Waals surface area contributed by atoms with E-state index in [4.69, 9.17) is 0 Å². The van der Waals surface area contributed by atoms with Crippen molar-refractivity contribution in [3.05, 3.63) is 48.3 Å². The number of rotatable bonds is 1. The Labute approximate surface area is 142 Å². The second kappa shape index (κ2) is 7.88. The summed E-state index contributed by atoms with van der Waals surface area (Å²) in [7, 11) is 0. The van der Waals surface area contributed by atoms with Crippen LogP contribution in [0.5, 0.6) is 0 Å². The predicted octanol–water partition coefficient (Wildman–Crippen LogP) is 1.83. The fourth-order valence-electron chi connectivity index (χ4n) is 2.99. The van der Waals surface area contributed by atoms with Crippen molar-refractivity contribution < 1.29 is 4.79 Å². The fourth-order valence-corrected chi connectivity index (χ4v) is 2.99. The van der Waals surface area contributed by atoms with E-state index < -0.39 is 0 Å². The molecule has 0 saturated heterocycles. The number of aromatic nitrogens is 2. The molecule has 0 radical (unpaired) electrons. The standard InChI is InChI=1S/C18H23N5O/c1-15(24)23-12-5-11-22(18-20-8-4-9-21-18)13-10-19-14-16-6-2-3-7-17(16)23/h2-4,6-9,19H,5,10-14H2,1H3. The quantitative estimate of drug-likeness (QED) is 0.867. The second-order valence-corrected chi connectivity index (χ2v) is 5.87. The summed E-state index contributed by atoms with van der Waals surface area (Å²) >= 11 is 0. The highest BCUT2D eigenvalue weighted by atomic mass is 16.2. The third-order valence-electron chi connectivity index (χ3n) is 4.18. The summed E-state index contributed by atoms with van der Waals surface area (Å²) in [5.74, 6) is 0.814. The summed E-state index contributed by atoms with van der Waals surface area (Å²) in [5.41, 5.74) is 2.15. The predicted molar refractivity (Wildman–Crippen MR) is 95.0 cm³/mol. The topological polar surface area (TPSA) is 61.4 Å². The van der Waals surface area contributed by atoms with Gasteiger partial charge in [0.05, 0.1) is 0 Å². The smallest absolute Gasteiger partial charge is 0.225 e. The van der Waals surface area contributed by atoms with Crippen molar-refractivity contribution >= 4 is 17.5 Å². The van der Waals surface area contributed by atoms with Crippen LogP contribution in [-0.2, 0) is 11.3 Å². The van der Waals surface area contributed by atoms with Crippen molar-refractivity contribution in [3.8, 4) is 0 Å². The lowest BCUT2D eigenvalue weighted by Crippen LogP contribution is -2.35. The Morgan fingerprint density at radius 2 is 1.88 bits per heavy atom. The first-order valence-electron chi connectivity index (χ1n) is 8.34. The van der Waals surface area contributed by atoms with Crippen molar-refractivity contribution in [2.24, 2.45) is 0 Å². The zero-order valence-electron chi connectivity index (χ0n) is 14.0.